The van der Waals surface area contributed by atoms with Crippen LogP contribution in [0.15, 0.2) is 21.7 Å². The third kappa shape index (κ3) is 7.30. The van der Waals surface area contributed by atoms with Crippen LogP contribution < -0.4 is 10.6 Å². The first kappa shape index (κ1) is 21.4. The Morgan fingerprint density at radius 1 is 1.41 bits per heavy atom. The topological polar surface area (TPSA) is 87.8 Å². The molecule has 1 aromatic heterocycles. The molecule has 1 aromatic rings. The first-order chi connectivity index (χ1) is 13.0. The number of guanidine groups is 1. The van der Waals surface area contributed by atoms with Crippen molar-refractivity contribution in [1.82, 2.24) is 25.7 Å². The molecule has 1 saturated heterocycles. The molecule has 152 valence electrons. The molecule has 2 rings (SSSR count). The van der Waals surface area contributed by atoms with Gasteiger partial charge in [0, 0.05) is 38.8 Å². The maximum absolute atomic E-state index is 5.48. The number of hydrogen-bond acceptors (Lipinski definition) is 6. The highest BCUT2D eigenvalue weighted by atomic mass is 16.5. The Morgan fingerprint density at radius 2 is 2.15 bits per heavy atom. The van der Waals surface area contributed by atoms with E-state index in [-0.39, 0.29) is 6.10 Å². The number of rotatable bonds is 9. The lowest BCUT2D eigenvalue weighted by Crippen LogP contribution is -2.48. The second-order valence-electron chi connectivity index (χ2n) is 6.99. The van der Waals surface area contributed by atoms with Crippen molar-refractivity contribution >= 4 is 5.96 Å². The molecular weight excluding hydrogens is 344 g/mol. The summed E-state index contributed by atoms with van der Waals surface area (Å²) in [6.45, 7) is 16.9. The predicted octanol–water partition coefficient (Wildman–Crippen LogP) is 2.26. The zero-order valence-electron chi connectivity index (χ0n) is 17.1. The number of piperidine rings is 1. The zero-order valence-corrected chi connectivity index (χ0v) is 17.1. The van der Waals surface area contributed by atoms with Gasteiger partial charge in [0.15, 0.2) is 11.8 Å². The summed E-state index contributed by atoms with van der Waals surface area (Å²) in [4.78, 5) is 11.4. The predicted molar refractivity (Wildman–Crippen MR) is 107 cm³/mol. The molecule has 1 unspecified atom stereocenters. The molecule has 1 aliphatic heterocycles. The Kier molecular flexibility index (Phi) is 8.74. The molecule has 0 radical (unpaired) electrons. The molecule has 1 fully saturated rings. The highest BCUT2D eigenvalue weighted by Gasteiger charge is 2.20. The van der Waals surface area contributed by atoms with E-state index in [0.717, 1.165) is 45.0 Å². The van der Waals surface area contributed by atoms with Crippen molar-refractivity contribution in [1.29, 1.82) is 0 Å². The molecule has 8 heteroatoms. The molecule has 0 aromatic carbocycles. The second kappa shape index (κ2) is 11.0. The van der Waals surface area contributed by atoms with E-state index in [4.69, 9.17) is 9.26 Å². The van der Waals surface area contributed by atoms with Gasteiger partial charge in [-0.15, -0.1) is 0 Å². The van der Waals surface area contributed by atoms with Crippen molar-refractivity contribution < 1.29 is 9.26 Å². The maximum atomic E-state index is 5.48. The lowest BCUT2D eigenvalue weighted by molar-refractivity contribution is 0.0683. The first-order valence-corrected chi connectivity index (χ1v) is 9.87. The molecule has 1 atom stereocenters. The Morgan fingerprint density at radius 3 is 2.78 bits per heavy atom. The van der Waals surface area contributed by atoms with E-state index in [2.05, 4.69) is 51.1 Å². The molecule has 0 aliphatic carbocycles. The molecule has 0 saturated carbocycles. The van der Waals surface area contributed by atoms with Crippen LogP contribution in [0.5, 0.6) is 0 Å². The van der Waals surface area contributed by atoms with Gasteiger partial charge in [-0.05, 0) is 40.5 Å². The van der Waals surface area contributed by atoms with Crippen LogP contribution in [-0.4, -0.2) is 59.8 Å². The summed E-state index contributed by atoms with van der Waals surface area (Å²) < 4.78 is 10.8. The number of aliphatic imine (C=N–C) groups is 1. The van der Waals surface area contributed by atoms with Crippen LogP contribution in [-0.2, 0) is 11.3 Å². The Bertz CT molecular complexity index is 607. The van der Waals surface area contributed by atoms with E-state index < -0.39 is 0 Å². The van der Waals surface area contributed by atoms with Crippen LogP contribution in [0.25, 0.3) is 0 Å². The van der Waals surface area contributed by atoms with Crippen molar-refractivity contribution in [2.45, 2.75) is 59.2 Å². The summed E-state index contributed by atoms with van der Waals surface area (Å²) in [6, 6.07) is 0.417. The number of likely N-dealkylation sites (tertiary alicyclic amines) is 1. The number of hydrogen-bond donors (Lipinski definition) is 2. The summed E-state index contributed by atoms with van der Waals surface area (Å²) in [5.74, 6) is 1.84. The highest BCUT2D eigenvalue weighted by Crippen LogP contribution is 2.13. The minimum atomic E-state index is -0.174. The van der Waals surface area contributed by atoms with E-state index in [0.29, 0.717) is 30.9 Å². The Balaban J connectivity index is 1.86. The van der Waals surface area contributed by atoms with Gasteiger partial charge in [-0.1, -0.05) is 17.3 Å². The zero-order chi connectivity index (χ0) is 19.6. The molecule has 8 nitrogen and oxygen atoms in total. The number of ether oxygens (including phenoxy) is 1. The fraction of sp³-hybridized carbons (Fsp3) is 0.737. The first-order valence-electron chi connectivity index (χ1n) is 9.87. The van der Waals surface area contributed by atoms with Gasteiger partial charge in [0.2, 0.25) is 5.89 Å². The third-order valence-corrected chi connectivity index (χ3v) is 4.40. The molecule has 27 heavy (non-hydrogen) atoms. The minimum Gasteiger partial charge on any atom is -0.371 e. The lowest BCUT2D eigenvalue weighted by Gasteiger charge is -2.33. The van der Waals surface area contributed by atoms with Crippen molar-refractivity contribution in [2.75, 3.05) is 32.8 Å². The Labute approximate surface area is 162 Å². The molecule has 0 spiro atoms. The van der Waals surface area contributed by atoms with Crippen LogP contribution in [0.3, 0.4) is 0 Å². The molecular formula is C19H34N6O2. The van der Waals surface area contributed by atoms with E-state index >= 15 is 0 Å². The highest BCUT2D eigenvalue weighted by molar-refractivity contribution is 5.80. The summed E-state index contributed by atoms with van der Waals surface area (Å²) >= 11 is 0. The van der Waals surface area contributed by atoms with Gasteiger partial charge in [0.25, 0.3) is 0 Å². The fourth-order valence-corrected chi connectivity index (χ4v) is 3.10. The van der Waals surface area contributed by atoms with Gasteiger partial charge >= 0.3 is 0 Å². The van der Waals surface area contributed by atoms with Crippen molar-refractivity contribution in [3.05, 3.63) is 23.9 Å². The molecule has 1 aliphatic rings. The summed E-state index contributed by atoms with van der Waals surface area (Å²) in [5, 5.41) is 10.8. The SMILES string of the molecule is C=C(C)CN1CCC(NC(=NCc2nc(C(C)OCC)no2)NCC)CC1. The van der Waals surface area contributed by atoms with Gasteiger partial charge in [0.05, 0.1) is 0 Å². The van der Waals surface area contributed by atoms with Gasteiger partial charge in [-0.2, -0.15) is 4.98 Å². The van der Waals surface area contributed by atoms with Crippen LogP contribution >= 0.6 is 0 Å². The molecule has 2 heterocycles. The minimum absolute atomic E-state index is 0.174. The summed E-state index contributed by atoms with van der Waals surface area (Å²) in [6.07, 6.45) is 2.01. The smallest absolute Gasteiger partial charge is 0.248 e. The van der Waals surface area contributed by atoms with Gasteiger partial charge in [-0.3, -0.25) is 4.90 Å². The van der Waals surface area contributed by atoms with E-state index in [1.54, 1.807) is 0 Å². The number of aromatic nitrogens is 2. The second-order valence-corrected chi connectivity index (χ2v) is 6.99. The normalized spacial score (nSPS) is 17.7. The van der Waals surface area contributed by atoms with Crippen molar-refractivity contribution in [2.24, 2.45) is 4.99 Å². The van der Waals surface area contributed by atoms with Crippen molar-refractivity contribution in [3.63, 3.8) is 0 Å². The van der Waals surface area contributed by atoms with Crippen LogP contribution in [0, 0.1) is 0 Å². The lowest BCUT2D eigenvalue weighted by atomic mass is 10.0. The van der Waals surface area contributed by atoms with Crippen LogP contribution in [0.4, 0.5) is 0 Å². The van der Waals surface area contributed by atoms with Crippen LogP contribution in [0.2, 0.25) is 0 Å². The number of nitrogens with zero attached hydrogens (tertiary/aromatic N) is 4. The fourth-order valence-electron chi connectivity index (χ4n) is 3.10. The van der Waals surface area contributed by atoms with Crippen molar-refractivity contribution in [3.8, 4) is 0 Å². The summed E-state index contributed by atoms with van der Waals surface area (Å²) in [7, 11) is 0. The Hall–Kier alpha value is -1.93. The van der Waals surface area contributed by atoms with Gasteiger partial charge in [-0.25, -0.2) is 4.99 Å². The molecule has 0 amide bonds. The number of nitrogens with one attached hydrogen (secondary N) is 2. The standard InChI is InChI=1S/C19H34N6O2/c1-6-20-19(22-16-8-10-25(11-9-16)13-14(3)4)21-12-17-23-18(24-27-17)15(5)26-7-2/h15-16H,3,6-13H2,1-2,4-5H3,(H2,20,21,22). The monoisotopic (exact) mass is 378 g/mol. The van der Waals surface area contributed by atoms with E-state index in [1.165, 1.54) is 5.57 Å². The van der Waals surface area contributed by atoms with Crippen LogP contribution in [0.1, 0.15) is 58.4 Å². The molecule has 2 N–H and O–H groups in total. The van der Waals surface area contributed by atoms with E-state index in [1.807, 2.05) is 13.8 Å². The quantitative estimate of drug-likeness (QED) is 0.387. The third-order valence-electron chi connectivity index (χ3n) is 4.40. The average Bonchev–Trinajstić information content (AvgIpc) is 3.10. The van der Waals surface area contributed by atoms with Gasteiger partial charge < -0.3 is 19.9 Å². The summed E-state index contributed by atoms with van der Waals surface area (Å²) in [5.41, 5.74) is 1.22. The maximum Gasteiger partial charge on any atom is 0.248 e. The van der Waals surface area contributed by atoms with Gasteiger partial charge in [0.1, 0.15) is 12.6 Å². The van der Waals surface area contributed by atoms with E-state index in [9.17, 15) is 0 Å². The largest absolute Gasteiger partial charge is 0.371 e. The average molecular weight is 379 g/mol. The molecule has 0 bridgehead atoms.